The first-order valence-corrected chi connectivity index (χ1v) is 8.36. The summed E-state index contributed by atoms with van der Waals surface area (Å²) in [6.45, 7) is 3.33. The van der Waals surface area contributed by atoms with Crippen LogP contribution in [0, 0.1) is 6.92 Å². The second kappa shape index (κ2) is 9.83. The summed E-state index contributed by atoms with van der Waals surface area (Å²) >= 11 is 6.03. The van der Waals surface area contributed by atoms with Crippen LogP contribution in [-0.2, 0) is 4.79 Å². The molecule has 0 heterocycles. The average molecular weight is 348 g/mol. The van der Waals surface area contributed by atoms with E-state index in [9.17, 15) is 4.79 Å². The second-order valence-electron chi connectivity index (χ2n) is 5.37. The van der Waals surface area contributed by atoms with Gasteiger partial charge in [0.05, 0.1) is 13.2 Å². The van der Waals surface area contributed by atoms with Crippen LogP contribution in [0.2, 0.25) is 5.02 Å². The van der Waals surface area contributed by atoms with Crippen molar-refractivity contribution < 1.29 is 14.3 Å². The predicted octanol–water partition coefficient (Wildman–Crippen LogP) is 4.00. The van der Waals surface area contributed by atoms with E-state index in [4.69, 9.17) is 21.1 Å². The van der Waals surface area contributed by atoms with E-state index < -0.39 is 0 Å². The van der Waals surface area contributed by atoms with Crippen molar-refractivity contribution in [1.29, 1.82) is 0 Å². The maximum atomic E-state index is 11.7. The molecule has 0 aliphatic carbocycles. The smallest absolute Gasteiger partial charge is 0.220 e. The van der Waals surface area contributed by atoms with E-state index in [1.54, 1.807) is 6.07 Å². The topological polar surface area (TPSA) is 47.6 Å². The number of aryl methyl sites for hydroxylation is 1. The lowest BCUT2D eigenvalue weighted by Gasteiger charge is -2.09. The fourth-order valence-corrected chi connectivity index (χ4v) is 2.22. The first-order valence-electron chi connectivity index (χ1n) is 7.98. The van der Waals surface area contributed by atoms with Crippen LogP contribution < -0.4 is 14.8 Å². The maximum absolute atomic E-state index is 11.7. The average Bonchev–Trinajstić information content (AvgIpc) is 2.59. The van der Waals surface area contributed by atoms with Crippen molar-refractivity contribution in [3.63, 3.8) is 0 Å². The van der Waals surface area contributed by atoms with Crippen LogP contribution in [0.1, 0.15) is 18.4 Å². The lowest BCUT2D eigenvalue weighted by molar-refractivity contribution is -0.121. The number of hydrogen-bond acceptors (Lipinski definition) is 3. The maximum Gasteiger partial charge on any atom is 0.220 e. The molecule has 128 valence electrons. The van der Waals surface area contributed by atoms with Crippen molar-refractivity contribution in [2.45, 2.75) is 19.8 Å². The molecule has 2 rings (SSSR count). The molecule has 0 unspecified atom stereocenters. The molecule has 5 heteroatoms. The van der Waals surface area contributed by atoms with Crippen molar-refractivity contribution in [1.82, 2.24) is 5.32 Å². The molecule has 4 nitrogen and oxygen atoms in total. The number of halogens is 1. The van der Waals surface area contributed by atoms with Gasteiger partial charge in [0, 0.05) is 11.4 Å². The Hall–Kier alpha value is -2.20. The van der Waals surface area contributed by atoms with Gasteiger partial charge in [0.1, 0.15) is 18.1 Å². The summed E-state index contributed by atoms with van der Waals surface area (Å²) in [4.78, 5) is 11.7. The zero-order valence-corrected chi connectivity index (χ0v) is 14.5. The van der Waals surface area contributed by atoms with Crippen LogP contribution >= 0.6 is 11.6 Å². The third-order valence-electron chi connectivity index (χ3n) is 3.40. The van der Waals surface area contributed by atoms with Crippen molar-refractivity contribution in [3.8, 4) is 11.5 Å². The zero-order chi connectivity index (χ0) is 17.2. The Bertz CT molecular complexity index is 646. The predicted molar refractivity (Wildman–Crippen MR) is 95.9 cm³/mol. The third kappa shape index (κ3) is 6.50. The first kappa shape index (κ1) is 18.1. The zero-order valence-electron chi connectivity index (χ0n) is 13.8. The molecule has 24 heavy (non-hydrogen) atoms. The summed E-state index contributed by atoms with van der Waals surface area (Å²) in [5.41, 5.74) is 1.01. The van der Waals surface area contributed by atoms with Gasteiger partial charge in [-0.25, -0.2) is 0 Å². The summed E-state index contributed by atoms with van der Waals surface area (Å²) in [7, 11) is 0. The molecule has 0 fully saturated rings. The van der Waals surface area contributed by atoms with Crippen molar-refractivity contribution >= 4 is 17.5 Å². The van der Waals surface area contributed by atoms with E-state index in [1.807, 2.05) is 49.4 Å². The van der Waals surface area contributed by atoms with Gasteiger partial charge in [-0.15, -0.1) is 0 Å². The van der Waals surface area contributed by atoms with E-state index in [1.165, 1.54) is 0 Å². The Morgan fingerprint density at radius 1 is 1.04 bits per heavy atom. The fourth-order valence-electron chi connectivity index (χ4n) is 2.05. The van der Waals surface area contributed by atoms with Gasteiger partial charge in [-0.1, -0.05) is 35.9 Å². The van der Waals surface area contributed by atoms with Gasteiger partial charge in [0.15, 0.2) is 0 Å². The van der Waals surface area contributed by atoms with Gasteiger partial charge in [-0.05, 0) is 43.2 Å². The largest absolute Gasteiger partial charge is 0.494 e. The molecular weight excluding hydrogens is 326 g/mol. The van der Waals surface area contributed by atoms with Crippen LogP contribution in [0.5, 0.6) is 11.5 Å². The van der Waals surface area contributed by atoms with E-state index in [0.29, 0.717) is 43.4 Å². The van der Waals surface area contributed by atoms with Gasteiger partial charge < -0.3 is 14.8 Å². The molecule has 1 N–H and O–H groups in total. The van der Waals surface area contributed by atoms with Gasteiger partial charge in [-0.2, -0.15) is 0 Å². The number of hydrogen-bond donors (Lipinski definition) is 1. The van der Waals surface area contributed by atoms with Crippen molar-refractivity contribution in [2.75, 3.05) is 19.8 Å². The van der Waals surface area contributed by atoms with E-state index in [-0.39, 0.29) is 5.91 Å². The lowest BCUT2D eigenvalue weighted by atomic mass is 10.2. The molecule has 0 radical (unpaired) electrons. The first-order chi connectivity index (χ1) is 11.6. The van der Waals surface area contributed by atoms with Gasteiger partial charge in [-0.3, -0.25) is 4.79 Å². The van der Waals surface area contributed by atoms with Crippen LogP contribution in [0.4, 0.5) is 0 Å². The van der Waals surface area contributed by atoms with Crippen molar-refractivity contribution in [2.24, 2.45) is 0 Å². The molecule has 0 saturated heterocycles. The summed E-state index contributed by atoms with van der Waals surface area (Å²) in [6, 6.07) is 15.1. The van der Waals surface area contributed by atoms with Crippen LogP contribution in [0.15, 0.2) is 48.5 Å². The van der Waals surface area contributed by atoms with E-state index >= 15 is 0 Å². The lowest BCUT2D eigenvalue weighted by Crippen LogP contribution is -2.28. The number of benzene rings is 2. The Kier molecular flexibility index (Phi) is 7.43. The van der Waals surface area contributed by atoms with Gasteiger partial charge in [0.2, 0.25) is 5.91 Å². The highest BCUT2D eigenvalue weighted by Gasteiger charge is 2.02. The molecule has 0 aliphatic heterocycles. The normalized spacial score (nSPS) is 10.2. The van der Waals surface area contributed by atoms with Gasteiger partial charge in [0.25, 0.3) is 0 Å². The third-order valence-corrected chi connectivity index (χ3v) is 3.80. The highest BCUT2D eigenvalue weighted by Crippen LogP contribution is 2.21. The standard InChI is InChI=1S/C19H22ClNO3/c1-15-9-10-17(14-18(15)20)24-13-11-21-19(22)8-5-12-23-16-6-3-2-4-7-16/h2-4,6-7,9-10,14H,5,8,11-13H2,1H3,(H,21,22). The van der Waals surface area contributed by atoms with Crippen LogP contribution in [-0.4, -0.2) is 25.7 Å². The molecule has 0 aromatic heterocycles. The number of ether oxygens (including phenoxy) is 2. The number of nitrogens with one attached hydrogen (secondary N) is 1. The quantitative estimate of drug-likeness (QED) is 0.697. The highest BCUT2D eigenvalue weighted by molar-refractivity contribution is 6.31. The minimum Gasteiger partial charge on any atom is -0.494 e. The Morgan fingerprint density at radius 3 is 2.54 bits per heavy atom. The number of carbonyl (C=O) groups is 1. The van der Waals surface area contributed by atoms with E-state index in [2.05, 4.69) is 5.32 Å². The monoisotopic (exact) mass is 347 g/mol. The summed E-state index contributed by atoms with van der Waals surface area (Å²) in [5.74, 6) is 1.52. The van der Waals surface area contributed by atoms with Gasteiger partial charge >= 0.3 is 0 Å². The number of amides is 1. The number of carbonyl (C=O) groups excluding carboxylic acids is 1. The SMILES string of the molecule is Cc1ccc(OCCNC(=O)CCCOc2ccccc2)cc1Cl. The van der Waals surface area contributed by atoms with E-state index in [0.717, 1.165) is 11.3 Å². The molecule has 0 spiro atoms. The molecule has 2 aromatic carbocycles. The minimum atomic E-state index is -0.00259. The highest BCUT2D eigenvalue weighted by atomic mass is 35.5. The summed E-state index contributed by atoms with van der Waals surface area (Å²) in [6.07, 6.45) is 1.11. The molecule has 0 aliphatic rings. The molecule has 2 aromatic rings. The molecular formula is C19H22ClNO3. The number of para-hydroxylation sites is 1. The fraction of sp³-hybridized carbons (Fsp3) is 0.316. The Labute approximate surface area is 147 Å². The molecule has 0 bridgehead atoms. The summed E-state index contributed by atoms with van der Waals surface area (Å²) < 4.78 is 11.1. The van der Waals surface area contributed by atoms with Crippen LogP contribution in [0.3, 0.4) is 0 Å². The molecule has 1 amide bonds. The number of rotatable bonds is 9. The molecule has 0 saturated carbocycles. The van der Waals surface area contributed by atoms with Crippen LogP contribution in [0.25, 0.3) is 0 Å². The second-order valence-corrected chi connectivity index (χ2v) is 5.78. The van der Waals surface area contributed by atoms with Crippen molar-refractivity contribution in [3.05, 3.63) is 59.1 Å². The Morgan fingerprint density at radius 2 is 1.79 bits per heavy atom. The summed E-state index contributed by atoms with van der Waals surface area (Å²) in [5, 5.41) is 3.50. The Balaban J connectivity index is 1.54. The molecule has 0 atom stereocenters. The minimum absolute atomic E-state index is 0.00259.